The van der Waals surface area contributed by atoms with Crippen LogP contribution in [0.3, 0.4) is 0 Å². The molecule has 0 bridgehead atoms. The van der Waals surface area contributed by atoms with E-state index in [0.29, 0.717) is 23.9 Å². The minimum atomic E-state index is -0.425. The van der Waals surface area contributed by atoms with Crippen LogP contribution in [0.15, 0.2) is 34.9 Å². The highest BCUT2D eigenvalue weighted by Gasteiger charge is 2.35. The highest BCUT2D eigenvalue weighted by Crippen LogP contribution is 2.28. The summed E-state index contributed by atoms with van der Waals surface area (Å²) >= 11 is 0. The van der Waals surface area contributed by atoms with Crippen LogP contribution in [-0.2, 0) is 9.59 Å². The van der Waals surface area contributed by atoms with E-state index in [4.69, 9.17) is 9.26 Å². The third-order valence-corrected chi connectivity index (χ3v) is 3.74. The summed E-state index contributed by atoms with van der Waals surface area (Å²) in [5.41, 5.74) is 0.724. The Bertz CT molecular complexity index is 740. The van der Waals surface area contributed by atoms with Crippen LogP contribution >= 0.6 is 0 Å². The molecule has 3 rings (SSSR count). The molecule has 1 unspecified atom stereocenters. The highest BCUT2D eigenvalue weighted by atomic mass is 16.5. The number of methoxy groups -OCH3 is 1. The van der Waals surface area contributed by atoms with Crippen molar-refractivity contribution in [1.82, 2.24) is 5.16 Å². The van der Waals surface area contributed by atoms with Crippen molar-refractivity contribution in [3.05, 3.63) is 36.1 Å². The number of hydrogen-bond donors (Lipinski definition) is 1. The Labute approximate surface area is 133 Å². The molecule has 1 saturated heterocycles. The summed E-state index contributed by atoms with van der Waals surface area (Å²) in [6.45, 7) is 2.07. The first-order chi connectivity index (χ1) is 11.1. The maximum atomic E-state index is 12.3. The molecular weight excluding hydrogens is 298 g/mol. The number of anilines is 2. The first-order valence-electron chi connectivity index (χ1n) is 7.25. The predicted molar refractivity (Wildman–Crippen MR) is 83.3 cm³/mol. The van der Waals surface area contributed by atoms with Gasteiger partial charge in [-0.3, -0.25) is 9.59 Å². The summed E-state index contributed by atoms with van der Waals surface area (Å²) in [7, 11) is 1.57. The van der Waals surface area contributed by atoms with Gasteiger partial charge in [0.25, 0.3) is 0 Å². The minimum Gasteiger partial charge on any atom is -0.497 e. The fourth-order valence-electron chi connectivity index (χ4n) is 2.56. The van der Waals surface area contributed by atoms with E-state index in [0.717, 1.165) is 5.69 Å². The number of ether oxygens (including phenoxy) is 1. The summed E-state index contributed by atoms with van der Waals surface area (Å²) in [4.78, 5) is 26.1. The van der Waals surface area contributed by atoms with Crippen LogP contribution in [0.4, 0.5) is 11.5 Å². The molecule has 1 aromatic carbocycles. The number of amides is 2. The van der Waals surface area contributed by atoms with Gasteiger partial charge in [0.05, 0.1) is 13.0 Å². The lowest BCUT2D eigenvalue weighted by Gasteiger charge is -2.17. The second-order valence-electron chi connectivity index (χ2n) is 5.42. The third kappa shape index (κ3) is 3.18. The lowest BCUT2D eigenvalue weighted by Crippen LogP contribution is -2.28. The topological polar surface area (TPSA) is 84.7 Å². The summed E-state index contributed by atoms with van der Waals surface area (Å²) in [5.74, 6) is 0.888. The van der Waals surface area contributed by atoms with Crippen molar-refractivity contribution in [1.29, 1.82) is 0 Å². The fourth-order valence-corrected chi connectivity index (χ4v) is 2.56. The van der Waals surface area contributed by atoms with Crippen LogP contribution in [0.2, 0.25) is 0 Å². The normalized spacial score (nSPS) is 17.4. The number of rotatable bonds is 4. The van der Waals surface area contributed by atoms with Gasteiger partial charge in [0.2, 0.25) is 11.8 Å². The Hall–Kier alpha value is -2.83. The van der Waals surface area contributed by atoms with E-state index in [1.54, 1.807) is 37.1 Å². The van der Waals surface area contributed by atoms with Crippen LogP contribution in [0, 0.1) is 12.8 Å². The quantitative estimate of drug-likeness (QED) is 0.932. The van der Waals surface area contributed by atoms with Crippen molar-refractivity contribution >= 4 is 23.3 Å². The number of benzene rings is 1. The van der Waals surface area contributed by atoms with Crippen molar-refractivity contribution in [3.8, 4) is 5.75 Å². The number of nitrogens with zero attached hydrogens (tertiary/aromatic N) is 2. The average molecular weight is 315 g/mol. The molecule has 120 valence electrons. The molecule has 2 heterocycles. The second-order valence-corrected chi connectivity index (χ2v) is 5.42. The zero-order valence-corrected chi connectivity index (χ0v) is 12.9. The minimum absolute atomic E-state index is 0.0882. The molecule has 7 heteroatoms. The van der Waals surface area contributed by atoms with Crippen LogP contribution < -0.4 is 15.0 Å². The molecule has 23 heavy (non-hydrogen) atoms. The van der Waals surface area contributed by atoms with Gasteiger partial charge in [-0.2, -0.15) is 0 Å². The van der Waals surface area contributed by atoms with E-state index in [1.165, 1.54) is 0 Å². The van der Waals surface area contributed by atoms with Gasteiger partial charge < -0.3 is 19.5 Å². The number of carbonyl (C=O) groups excluding carboxylic acids is 2. The largest absolute Gasteiger partial charge is 0.497 e. The van der Waals surface area contributed by atoms with Gasteiger partial charge >= 0.3 is 0 Å². The molecular formula is C16H17N3O4. The van der Waals surface area contributed by atoms with Gasteiger partial charge in [0.15, 0.2) is 5.82 Å². The zero-order valence-electron chi connectivity index (χ0n) is 12.9. The molecule has 1 aromatic heterocycles. The Morgan fingerprint density at radius 3 is 2.96 bits per heavy atom. The van der Waals surface area contributed by atoms with Gasteiger partial charge in [-0.05, 0) is 19.1 Å². The molecule has 1 aliphatic rings. The zero-order chi connectivity index (χ0) is 16.4. The Morgan fingerprint density at radius 1 is 1.43 bits per heavy atom. The van der Waals surface area contributed by atoms with Crippen LogP contribution in [-0.4, -0.2) is 30.6 Å². The molecule has 1 N–H and O–H groups in total. The first kappa shape index (κ1) is 15.1. The van der Waals surface area contributed by atoms with Crippen LogP contribution in [0.1, 0.15) is 12.2 Å². The number of nitrogens with one attached hydrogen (secondary N) is 1. The van der Waals surface area contributed by atoms with Crippen molar-refractivity contribution in [2.45, 2.75) is 13.3 Å². The monoisotopic (exact) mass is 315 g/mol. The van der Waals surface area contributed by atoms with E-state index >= 15 is 0 Å². The van der Waals surface area contributed by atoms with E-state index in [9.17, 15) is 9.59 Å². The summed E-state index contributed by atoms with van der Waals surface area (Å²) in [5, 5.41) is 6.40. The summed E-state index contributed by atoms with van der Waals surface area (Å²) in [6.07, 6.45) is 0.167. The molecule has 1 aliphatic heterocycles. The Morgan fingerprint density at radius 2 is 2.26 bits per heavy atom. The average Bonchev–Trinajstić information content (AvgIpc) is 3.13. The van der Waals surface area contributed by atoms with Crippen molar-refractivity contribution in [2.24, 2.45) is 5.92 Å². The van der Waals surface area contributed by atoms with Gasteiger partial charge in [-0.25, -0.2) is 0 Å². The summed E-state index contributed by atoms with van der Waals surface area (Å²) < 4.78 is 10.1. The van der Waals surface area contributed by atoms with E-state index in [2.05, 4.69) is 10.5 Å². The predicted octanol–water partition coefficient (Wildman–Crippen LogP) is 1.98. The first-order valence-corrected chi connectivity index (χ1v) is 7.25. The maximum Gasteiger partial charge on any atom is 0.231 e. The van der Waals surface area contributed by atoms with Crippen LogP contribution in [0.5, 0.6) is 5.75 Å². The number of aromatic nitrogens is 1. The smallest absolute Gasteiger partial charge is 0.231 e. The molecule has 0 spiro atoms. The molecule has 1 fully saturated rings. The van der Waals surface area contributed by atoms with E-state index in [1.807, 2.05) is 12.1 Å². The van der Waals surface area contributed by atoms with E-state index in [-0.39, 0.29) is 18.2 Å². The van der Waals surface area contributed by atoms with Crippen molar-refractivity contribution in [2.75, 3.05) is 23.9 Å². The maximum absolute atomic E-state index is 12.3. The fraction of sp³-hybridized carbons (Fsp3) is 0.312. The summed E-state index contributed by atoms with van der Waals surface area (Å²) in [6, 6.07) is 8.85. The molecule has 0 radical (unpaired) electrons. The lowest BCUT2D eigenvalue weighted by atomic mass is 10.1. The number of hydrogen-bond acceptors (Lipinski definition) is 5. The van der Waals surface area contributed by atoms with E-state index < -0.39 is 5.92 Å². The molecule has 0 saturated carbocycles. The standard InChI is InChI=1S/C16H17N3O4/c1-10-6-14(18-23-10)17-16(21)11-7-15(20)19(9-11)12-4-3-5-13(8-12)22-2/h3-6,8,11H,7,9H2,1-2H3,(H,17,18,21). The molecule has 2 aromatic rings. The second kappa shape index (κ2) is 6.12. The van der Waals surface area contributed by atoms with Crippen LogP contribution in [0.25, 0.3) is 0 Å². The highest BCUT2D eigenvalue weighted by molar-refractivity contribution is 6.03. The van der Waals surface area contributed by atoms with Gasteiger partial charge in [0, 0.05) is 30.8 Å². The van der Waals surface area contributed by atoms with Gasteiger partial charge in [-0.15, -0.1) is 0 Å². The van der Waals surface area contributed by atoms with Gasteiger partial charge in [-0.1, -0.05) is 11.2 Å². The van der Waals surface area contributed by atoms with Crippen molar-refractivity contribution < 1.29 is 18.8 Å². The number of carbonyl (C=O) groups is 2. The molecule has 2 amide bonds. The number of aryl methyl sites for hydroxylation is 1. The van der Waals surface area contributed by atoms with Gasteiger partial charge in [0.1, 0.15) is 11.5 Å². The SMILES string of the molecule is COc1cccc(N2CC(C(=O)Nc3cc(C)on3)CC2=O)c1. The Balaban J connectivity index is 1.70. The molecule has 0 aliphatic carbocycles. The molecule has 7 nitrogen and oxygen atoms in total. The third-order valence-electron chi connectivity index (χ3n) is 3.74. The Kier molecular flexibility index (Phi) is 4.01. The van der Waals surface area contributed by atoms with Crippen molar-refractivity contribution in [3.63, 3.8) is 0 Å². The molecule has 1 atom stereocenters. The lowest BCUT2D eigenvalue weighted by molar-refractivity contribution is -0.122.